The molecule has 0 saturated carbocycles. The van der Waals surface area contributed by atoms with E-state index < -0.39 is 0 Å². The van der Waals surface area contributed by atoms with Gasteiger partial charge in [-0.05, 0) is 25.7 Å². The van der Waals surface area contributed by atoms with Gasteiger partial charge in [0.2, 0.25) is 0 Å². The Morgan fingerprint density at radius 2 is 2.43 bits per heavy atom. The predicted octanol–water partition coefficient (Wildman–Crippen LogP) is 2.36. The Morgan fingerprint density at radius 1 is 1.71 bits per heavy atom. The van der Waals surface area contributed by atoms with E-state index >= 15 is 0 Å². The van der Waals surface area contributed by atoms with E-state index in [0.717, 1.165) is 5.92 Å². The minimum atomic E-state index is 0.875. The molecule has 0 amide bonds. The van der Waals surface area contributed by atoms with Crippen LogP contribution >= 0.6 is 0 Å². The molecule has 0 aromatic rings. The third kappa shape index (κ3) is 0.846. The van der Waals surface area contributed by atoms with Crippen molar-refractivity contribution in [3.8, 4) is 0 Å². The Labute approximate surface area is 45.2 Å². The van der Waals surface area contributed by atoms with Crippen LogP contribution in [0.5, 0.6) is 0 Å². The third-order valence-electron chi connectivity index (χ3n) is 1.84. The number of rotatable bonds is 0. The van der Waals surface area contributed by atoms with Crippen LogP contribution in [-0.4, -0.2) is 0 Å². The van der Waals surface area contributed by atoms with Crippen molar-refractivity contribution in [1.82, 2.24) is 0 Å². The normalized spacial score (nSPS) is 30.6. The van der Waals surface area contributed by atoms with Gasteiger partial charge < -0.3 is 0 Å². The lowest BCUT2D eigenvalue weighted by Crippen LogP contribution is -1.85. The van der Waals surface area contributed by atoms with Crippen LogP contribution in [0.3, 0.4) is 0 Å². The summed E-state index contributed by atoms with van der Waals surface area (Å²) in [5.41, 5.74) is 1.58. The van der Waals surface area contributed by atoms with E-state index in [1.165, 1.54) is 12.8 Å². The van der Waals surface area contributed by atoms with Gasteiger partial charge in [-0.1, -0.05) is 18.6 Å². The third-order valence-corrected chi connectivity index (χ3v) is 1.84. The molecule has 0 aliphatic heterocycles. The molecule has 0 bridgehead atoms. The highest BCUT2D eigenvalue weighted by atomic mass is 14.1. The lowest BCUT2D eigenvalue weighted by molar-refractivity contribution is 0.670. The molecular weight excluding hydrogens is 84.1 g/mol. The summed E-state index contributed by atoms with van der Waals surface area (Å²) in [6.07, 6.45) is 5.03. The van der Waals surface area contributed by atoms with Crippen molar-refractivity contribution in [3.05, 3.63) is 11.6 Å². The van der Waals surface area contributed by atoms with Gasteiger partial charge in [0.25, 0.3) is 0 Å². The summed E-state index contributed by atoms with van der Waals surface area (Å²) < 4.78 is 0. The highest BCUT2D eigenvalue weighted by Crippen LogP contribution is 2.23. The Kier molecular flexibility index (Phi) is 1.18. The highest BCUT2D eigenvalue weighted by Gasteiger charge is 2.07. The van der Waals surface area contributed by atoms with Gasteiger partial charge in [0.15, 0.2) is 0 Å². The topological polar surface area (TPSA) is 0 Å². The summed E-state index contributed by atoms with van der Waals surface area (Å²) in [6.45, 7) is 4.51. The zero-order valence-electron chi connectivity index (χ0n) is 5.07. The molecule has 1 atom stereocenters. The van der Waals surface area contributed by atoms with E-state index in [2.05, 4.69) is 19.9 Å². The van der Waals surface area contributed by atoms with Crippen LogP contribution in [0.1, 0.15) is 26.7 Å². The molecule has 1 rings (SSSR count). The second kappa shape index (κ2) is 1.69. The van der Waals surface area contributed by atoms with Crippen LogP contribution in [0.25, 0.3) is 0 Å². The summed E-state index contributed by atoms with van der Waals surface area (Å²) in [5, 5.41) is 0. The smallest absolute Gasteiger partial charge is 0.0231 e. The summed E-state index contributed by atoms with van der Waals surface area (Å²) in [7, 11) is 0. The molecule has 40 valence electrons. The van der Waals surface area contributed by atoms with E-state index in [1.54, 1.807) is 5.57 Å². The van der Waals surface area contributed by atoms with Gasteiger partial charge in [-0.25, -0.2) is 0 Å². The molecule has 0 aromatic heterocycles. The monoisotopic (exact) mass is 96.1 g/mol. The van der Waals surface area contributed by atoms with Crippen molar-refractivity contribution < 1.29 is 0 Å². The van der Waals surface area contributed by atoms with E-state index in [1.807, 2.05) is 0 Å². The SMILES string of the molecule is CC1=CCC[C@H]1C. The molecule has 7 heavy (non-hydrogen) atoms. The first-order valence-electron chi connectivity index (χ1n) is 2.97. The van der Waals surface area contributed by atoms with Crippen molar-refractivity contribution in [2.24, 2.45) is 5.92 Å². The summed E-state index contributed by atoms with van der Waals surface area (Å²) in [5.74, 6) is 0.875. The first-order chi connectivity index (χ1) is 3.30. The fourth-order valence-electron chi connectivity index (χ4n) is 0.990. The molecular formula is C7H12. The van der Waals surface area contributed by atoms with Crippen molar-refractivity contribution in [2.45, 2.75) is 26.7 Å². The molecule has 0 radical (unpaired) electrons. The minimum Gasteiger partial charge on any atom is -0.0853 e. The van der Waals surface area contributed by atoms with Gasteiger partial charge in [0, 0.05) is 0 Å². The van der Waals surface area contributed by atoms with Crippen LogP contribution in [0.4, 0.5) is 0 Å². The van der Waals surface area contributed by atoms with E-state index in [0.29, 0.717) is 0 Å². The minimum absolute atomic E-state index is 0.875. The van der Waals surface area contributed by atoms with Crippen LogP contribution in [0, 0.1) is 5.92 Å². The predicted molar refractivity (Wildman–Crippen MR) is 32.2 cm³/mol. The molecule has 0 saturated heterocycles. The molecule has 0 aromatic carbocycles. The van der Waals surface area contributed by atoms with E-state index in [9.17, 15) is 0 Å². The zero-order chi connectivity index (χ0) is 5.28. The lowest BCUT2D eigenvalue weighted by Gasteiger charge is -1.98. The molecule has 0 nitrogen and oxygen atoms in total. The van der Waals surface area contributed by atoms with Crippen molar-refractivity contribution >= 4 is 0 Å². The van der Waals surface area contributed by atoms with Crippen LogP contribution < -0.4 is 0 Å². The molecule has 1 aliphatic rings. The summed E-state index contributed by atoms with van der Waals surface area (Å²) in [4.78, 5) is 0. The Hall–Kier alpha value is -0.260. The largest absolute Gasteiger partial charge is 0.0853 e. The maximum atomic E-state index is 2.34. The van der Waals surface area contributed by atoms with Crippen LogP contribution in [-0.2, 0) is 0 Å². The van der Waals surface area contributed by atoms with Gasteiger partial charge >= 0.3 is 0 Å². The molecule has 1 aliphatic carbocycles. The first kappa shape index (κ1) is 4.89. The molecule has 0 N–H and O–H groups in total. The van der Waals surface area contributed by atoms with E-state index in [-0.39, 0.29) is 0 Å². The van der Waals surface area contributed by atoms with Gasteiger partial charge in [0.05, 0.1) is 0 Å². The van der Waals surface area contributed by atoms with Crippen molar-refractivity contribution in [2.75, 3.05) is 0 Å². The molecule has 0 unspecified atom stereocenters. The molecule has 0 fully saturated rings. The van der Waals surface area contributed by atoms with Crippen molar-refractivity contribution in [3.63, 3.8) is 0 Å². The van der Waals surface area contributed by atoms with Crippen LogP contribution in [0.15, 0.2) is 11.6 Å². The Bertz CT molecular complexity index is 90.2. The lowest BCUT2D eigenvalue weighted by atomic mass is 10.1. The zero-order valence-corrected chi connectivity index (χ0v) is 5.07. The van der Waals surface area contributed by atoms with Crippen LogP contribution in [0.2, 0.25) is 0 Å². The van der Waals surface area contributed by atoms with Gasteiger partial charge in [-0.3, -0.25) is 0 Å². The first-order valence-corrected chi connectivity index (χ1v) is 2.97. The van der Waals surface area contributed by atoms with E-state index in [4.69, 9.17) is 0 Å². The Balaban J connectivity index is 2.54. The standard InChI is InChI=1S/C7H12/c1-6-4-3-5-7(6)2/h4,7H,3,5H2,1-2H3/t7-/m1/s1. The second-order valence-corrected chi connectivity index (χ2v) is 2.43. The van der Waals surface area contributed by atoms with Crippen molar-refractivity contribution in [1.29, 1.82) is 0 Å². The summed E-state index contributed by atoms with van der Waals surface area (Å²) in [6, 6.07) is 0. The average molecular weight is 96.2 g/mol. The van der Waals surface area contributed by atoms with Gasteiger partial charge in [-0.15, -0.1) is 0 Å². The maximum absolute atomic E-state index is 2.34. The second-order valence-electron chi connectivity index (χ2n) is 2.43. The molecule has 0 heterocycles. The molecule has 0 heteroatoms. The fourth-order valence-corrected chi connectivity index (χ4v) is 0.990. The average Bonchev–Trinajstić information content (AvgIpc) is 1.91. The number of allylic oxidation sites excluding steroid dienone is 2. The summed E-state index contributed by atoms with van der Waals surface area (Å²) >= 11 is 0. The Morgan fingerprint density at radius 3 is 2.57 bits per heavy atom. The quantitative estimate of drug-likeness (QED) is 0.406. The number of hydrogen-bond donors (Lipinski definition) is 0. The fraction of sp³-hybridized carbons (Fsp3) is 0.714. The van der Waals surface area contributed by atoms with Gasteiger partial charge in [0.1, 0.15) is 0 Å². The molecule has 0 spiro atoms. The van der Waals surface area contributed by atoms with Gasteiger partial charge in [-0.2, -0.15) is 0 Å². The maximum Gasteiger partial charge on any atom is -0.0231 e. The number of hydrogen-bond acceptors (Lipinski definition) is 0. The highest BCUT2D eigenvalue weighted by molar-refractivity contribution is 5.07.